The highest BCUT2D eigenvalue weighted by atomic mass is 79.9. The summed E-state index contributed by atoms with van der Waals surface area (Å²) in [5.74, 6) is -1.25. The number of carbonyl (C=O) groups is 1. The molecule has 122 valence electrons. The number of carbonyl (C=O) groups excluding carboxylic acids is 1. The van der Waals surface area contributed by atoms with E-state index in [0.29, 0.717) is 5.56 Å². The molecule has 0 amide bonds. The van der Waals surface area contributed by atoms with E-state index in [-0.39, 0.29) is 5.57 Å². The molecular formula is C18H23Br2O2-. The molecule has 0 saturated heterocycles. The molecule has 0 fully saturated rings. The average molecular weight is 431 g/mol. The monoisotopic (exact) mass is 429 g/mol. The van der Waals surface area contributed by atoms with Gasteiger partial charge in [0.05, 0.1) is 5.97 Å². The predicted molar refractivity (Wildman–Crippen MR) is 97.6 cm³/mol. The Hall–Kier alpha value is -0.610. The molecule has 0 unspecified atom stereocenters. The van der Waals surface area contributed by atoms with Gasteiger partial charge in [0.1, 0.15) is 0 Å². The second-order valence-corrected chi connectivity index (χ2v) is 7.28. The van der Waals surface area contributed by atoms with Gasteiger partial charge in [0, 0.05) is 14.5 Å². The van der Waals surface area contributed by atoms with E-state index < -0.39 is 5.97 Å². The quantitative estimate of drug-likeness (QED) is 0.374. The molecule has 0 saturated carbocycles. The van der Waals surface area contributed by atoms with Crippen LogP contribution in [0.5, 0.6) is 0 Å². The first kappa shape index (κ1) is 19.4. The molecule has 0 heterocycles. The second kappa shape index (κ2) is 10.2. The third kappa shape index (κ3) is 6.25. The molecule has 2 nitrogen and oxygen atoms in total. The van der Waals surface area contributed by atoms with E-state index in [9.17, 15) is 9.90 Å². The lowest BCUT2D eigenvalue weighted by atomic mass is 10.0. The van der Waals surface area contributed by atoms with Crippen molar-refractivity contribution >= 4 is 43.4 Å². The maximum absolute atomic E-state index is 11.0. The van der Waals surface area contributed by atoms with Crippen LogP contribution in [0.15, 0.2) is 27.7 Å². The summed E-state index contributed by atoms with van der Waals surface area (Å²) in [7, 11) is 0. The van der Waals surface area contributed by atoms with Gasteiger partial charge < -0.3 is 9.90 Å². The minimum atomic E-state index is -1.25. The molecule has 0 aliphatic heterocycles. The Morgan fingerprint density at radius 1 is 1.05 bits per heavy atom. The molecule has 0 N–H and O–H groups in total. The van der Waals surface area contributed by atoms with Crippen molar-refractivity contribution in [3.63, 3.8) is 0 Å². The van der Waals surface area contributed by atoms with Crippen molar-refractivity contribution in [2.45, 2.75) is 58.3 Å². The van der Waals surface area contributed by atoms with Crippen molar-refractivity contribution in [2.75, 3.05) is 0 Å². The predicted octanol–water partition coefficient (Wildman–Crippen LogP) is 5.27. The third-order valence-corrected chi connectivity index (χ3v) is 4.97. The first-order chi connectivity index (χ1) is 10.5. The number of rotatable bonds is 10. The van der Waals surface area contributed by atoms with Crippen molar-refractivity contribution in [3.05, 3.63) is 38.8 Å². The Kier molecular flexibility index (Phi) is 9.03. The number of aliphatic carboxylic acids is 1. The highest BCUT2D eigenvalue weighted by Crippen LogP contribution is 2.32. The van der Waals surface area contributed by atoms with Gasteiger partial charge in [-0.15, -0.1) is 0 Å². The maximum atomic E-state index is 11.0. The minimum Gasteiger partial charge on any atom is -0.545 e. The summed E-state index contributed by atoms with van der Waals surface area (Å²) in [6, 6.07) is 3.95. The molecule has 0 atom stereocenters. The van der Waals surface area contributed by atoms with Crippen LogP contribution in [0.25, 0.3) is 5.57 Å². The van der Waals surface area contributed by atoms with Gasteiger partial charge in [-0.2, -0.15) is 0 Å². The van der Waals surface area contributed by atoms with E-state index in [1.165, 1.54) is 44.1 Å². The van der Waals surface area contributed by atoms with E-state index in [1.54, 1.807) is 0 Å². The lowest BCUT2D eigenvalue weighted by Gasteiger charge is -2.13. The molecule has 1 rings (SSSR count). The van der Waals surface area contributed by atoms with Crippen molar-refractivity contribution in [3.8, 4) is 0 Å². The molecule has 0 radical (unpaired) electrons. The molecule has 0 spiro atoms. The van der Waals surface area contributed by atoms with Crippen LogP contribution in [-0.4, -0.2) is 5.97 Å². The van der Waals surface area contributed by atoms with Gasteiger partial charge in [-0.25, -0.2) is 0 Å². The molecule has 4 heteroatoms. The minimum absolute atomic E-state index is 0.0128. The van der Waals surface area contributed by atoms with Crippen LogP contribution in [0.1, 0.15) is 63.0 Å². The van der Waals surface area contributed by atoms with Gasteiger partial charge in [-0.1, -0.05) is 83.9 Å². The molecule has 0 aliphatic carbocycles. The Balaban J connectivity index is 2.53. The number of aryl methyl sites for hydroxylation is 1. The Labute approximate surface area is 150 Å². The molecule has 0 bridgehead atoms. The smallest absolute Gasteiger partial charge is 0.0716 e. The first-order valence-corrected chi connectivity index (χ1v) is 9.44. The van der Waals surface area contributed by atoms with Crippen molar-refractivity contribution in [1.29, 1.82) is 0 Å². The molecule has 1 aromatic rings. The van der Waals surface area contributed by atoms with Gasteiger partial charge in [0.2, 0.25) is 0 Å². The number of carboxylic acid groups (broad SMARTS) is 1. The Bertz CT molecular complexity index is 501. The summed E-state index contributed by atoms with van der Waals surface area (Å²) in [4.78, 5) is 11.0. The highest BCUT2D eigenvalue weighted by Gasteiger charge is 2.11. The van der Waals surface area contributed by atoms with Crippen molar-refractivity contribution < 1.29 is 9.90 Å². The van der Waals surface area contributed by atoms with Crippen LogP contribution in [-0.2, 0) is 11.2 Å². The molecule has 0 aromatic heterocycles. The van der Waals surface area contributed by atoms with Gasteiger partial charge >= 0.3 is 0 Å². The van der Waals surface area contributed by atoms with Crippen LogP contribution < -0.4 is 5.11 Å². The van der Waals surface area contributed by atoms with Crippen LogP contribution in [0.2, 0.25) is 0 Å². The topological polar surface area (TPSA) is 40.1 Å². The van der Waals surface area contributed by atoms with E-state index in [2.05, 4.69) is 45.4 Å². The van der Waals surface area contributed by atoms with Crippen LogP contribution in [0.3, 0.4) is 0 Å². The van der Waals surface area contributed by atoms with E-state index in [1.807, 2.05) is 12.1 Å². The summed E-state index contributed by atoms with van der Waals surface area (Å²) in [5, 5.41) is 11.0. The lowest BCUT2D eigenvalue weighted by Crippen LogP contribution is -2.23. The fourth-order valence-corrected chi connectivity index (χ4v) is 4.21. The number of carboxylic acids is 1. The summed E-state index contributed by atoms with van der Waals surface area (Å²) >= 11 is 6.87. The Morgan fingerprint density at radius 2 is 1.55 bits per heavy atom. The van der Waals surface area contributed by atoms with Gasteiger partial charge in [0.15, 0.2) is 0 Å². The standard InChI is InChI=1S/C18H24Br2O2/c1-3-4-5-6-7-8-9-10-14-11-15(19)17(16(20)12-14)13(2)18(21)22/h11-12H,2-10H2,1H3,(H,21,22)/p-1. The van der Waals surface area contributed by atoms with E-state index in [0.717, 1.165) is 21.8 Å². The van der Waals surface area contributed by atoms with Gasteiger partial charge in [0.25, 0.3) is 0 Å². The number of hydrogen-bond acceptors (Lipinski definition) is 2. The molecule has 22 heavy (non-hydrogen) atoms. The number of unbranched alkanes of at least 4 members (excludes halogenated alkanes) is 6. The zero-order valence-corrected chi connectivity index (χ0v) is 16.3. The van der Waals surface area contributed by atoms with Crippen LogP contribution >= 0.6 is 31.9 Å². The zero-order chi connectivity index (χ0) is 16.5. The summed E-state index contributed by atoms with van der Waals surface area (Å²) < 4.78 is 1.49. The molecule has 0 aliphatic rings. The third-order valence-electron chi connectivity index (χ3n) is 3.72. The summed E-state index contributed by atoms with van der Waals surface area (Å²) in [6.45, 7) is 5.80. The highest BCUT2D eigenvalue weighted by molar-refractivity contribution is 9.11. The average Bonchev–Trinajstić information content (AvgIpc) is 2.45. The normalized spacial score (nSPS) is 10.7. The zero-order valence-electron chi connectivity index (χ0n) is 13.1. The molecule has 1 aromatic carbocycles. The second-order valence-electron chi connectivity index (χ2n) is 5.57. The maximum Gasteiger partial charge on any atom is 0.0716 e. The number of hydrogen-bond donors (Lipinski definition) is 0. The van der Waals surface area contributed by atoms with Crippen LogP contribution in [0.4, 0.5) is 0 Å². The molecular weight excluding hydrogens is 408 g/mol. The number of halogens is 2. The van der Waals surface area contributed by atoms with Gasteiger partial charge in [-0.3, -0.25) is 0 Å². The largest absolute Gasteiger partial charge is 0.545 e. The SMILES string of the molecule is C=C(C(=O)[O-])c1c(Br)cc(CCCCCCCCC)cc1Br. The fraction of sp³-hybridized carbons (Fsp3) is 0.500. The van der Waals surface area contributed by atoms with Crippen molar-refractivity contribution in [2.24, 2.45) is 0 Å². The fourth-order valence-electron chi connectivity index (χ4n) is 2.45. The summed E-state index contributed by atoms with van der Waals surface area (Å²) in [5.41, 5.74) is 1.74. The lowest BCUT2D eigenvalue weighted by molar-refractivity contribution is -0.295. The van der Waals surface area contributed by atoms with E-state index in [4.69, 9.17) is 0 Å². The summed E-state index contributed by atoms with van der Waals surface area (Å²) in [6.07, 6.45) is 9.98. The van der Waals surface area contributed by atoms with E-state index >= 15 is 0 Å². The Morgan fingerprint density at radius 3 is 2.05 bits per heavy atom. The number of benzene rings is 1. The van der Waals surface area contributed by atoms with Crippen molar-refractivity contribution in [1.82, 2.24) is 0 Å². The van der Waals surface area contributed by atoms with Crippen LogP contribution in [0, 0.1) is 0 Å². The first-order valence-electron chi connectivity index (χ1n) is 7.86. The van der Waals surface area contributed by atoms with Gasteiger partial charge in [-0.05, 0) is 36.1 Å².